The minimum Gasteiger partial charge on any atom is -0.505 e. The van der Waals surface area contributed by atoms with Crippen molar-refractivity contribution in [3.63, 3.8) is 0 Å². The fourth-order valence-corrected chi connectivity index (χ4v) is 2.09. The third kappa shape index (κ3) is 1.68. The van der Waals surface area contributed by atoms with Crippen molar-refractivity contribution in [2.45, 2.75) is 13.3 Å². The van der Waals surface area contributed by atoms with Gasteiger partial charge in [0, 0.05) is 5.39 Å². The molecule has 0 radical (unpaired) electrons. The largest absolute Gasteiger partial charge is 0.505 e. The molecule has 2 rings (SSSR count). The Hall–Kier alpha value is -2.35. The zero-order valence-corrected chi connectivity index (χ0v) is 10.0. The number of nitrogen functional groups attached to an aromatic ring is 1. The Morgan fingerprint density at radius 3 is 2.37 bits per heavy atom. The van der Waals surface area contributed by atoms with Crippen LogP contribution < -0.4 is 5.73 Å². The quantitative estimate of drug-likeness (QED) is 0.360. The molecule has 0 atom stereocenters. The number of aromatic hydroxyl groups is 1. The molecule has 3 N–H and O–H groups in total. The molecule has 0 amide bonds. The summed E-state index contributed by atoms with van der Waals surface area (Å²) in [5.74, 6) is -3.30. The van der Waals surface area contributed by atoms with E-state index in [2.05, 4.69) is 0 Å². The zero-order chi connectivity index (χ0) is 14.3. The number of nitrogens with two attached hydrogens (primary N) is 1. The highest BCUT2D eigenvalue weighted by Crippen LogP contribution is 2.39. The monoisotopic (exact) mass is 265 g/mol. The maximum absolute atomic E-state index is 13.8. The van der Waals surface area contributed by atoms with Gasteiger partial charge in [-0.05, 0) is 18.1 Å². The number of halogens is 3. The predicted octanol–water partition coefficient (Wildman–Crippen LogP) is 3.09. The lowest BCUT2D eigenvalue weighted by Crippen LogP contribution is -2.02. The van der Waals surface area contributed by atoms with Crippen LogP contribution in [0.15, 0.2) is 6.07 Å². The van der Waals surface area contributed by atoms with Gasteiger partial charge >= 0.3 is 0 Å². The maximum Gasteiger partial charge on any atom is 0.196 e. The number of terminal acetylenes is 1. The van der Waals surface area contributed by atoms with Crippen molar-refractivity contribution in [1.29, 1.82) is 0 Å². The van der Waals surface area contributed by atoms with E-state index in [4.69, 9.17) is 12.2 Å². The summed E-state index contributed by atoms with van der Waals surface area (Å²) < 4.78 is 41.0. The van der Waals surface area contributed by atoms with E-state index in [9.17, 15) is 18.3 Å². The second-order valence-corrected chi connectivity index (χ2v) is 4.04. The van der Waals surface area contributed by atoms with E-state index >= 15 is 0 Å². The molecule has 98 valence electrons. The van der Waals surface area contributed by atoms with Gasteiger partial charge < -0.3 is 10.8 Å². The molecular weight excluding hydrogens is 255 g/mol. The number of anilines is 1. The molecule has 0 unspecified atom stereocenters. The number of hydrogen-bond acceptors (Lipinski definition) is 2. The molecule has 2 nitrogen and oxygen atoms in total. The molecular formula is C14H10F3NO. The third-order valence-corrected chi connectivity index (χ3v) is 3.01. The zero-order valence-electron chi connectivity index (χ0n) is 10.0. The lowest BCUT2D eigenvalue weighted by molar-refractivity contribution is 0.445. The first kappa shape index (κ1) is 13.1. The molecule has 0 aromatic heterocycles. The normalized spacial score (nSPS) is 10.7. The Labute approximate surface area is 107 Å². The molecule has 2 aromatic carbocycles. The van der Waals surface area contributed by atoms with Gasteiger partial charge in [-0.2, -0.15) is 0 Å². The van der Waals surface area contributed by atoms with E-state index in [1.165, 1.54) is 6.07 Å². The first-order chi connectivity index (χ1) is 8.93. The van der Waals surface area contributed by atoms with Gasteiger partial charge in [-0.25, -0.2) is 13.2 Å². The van der Waals surface area contributed by atoms with Gasteiger partial charge in [-0.1, -0.05) is 12.8 Å². The van der Waals surface area contributed by atoms with Crippen LogP contribution in [0.5, 0.6) is 5.75 Å². The van der Waals surface area contributed by atoms with E-state index in [-0.39, 0.29) is 11.1 Å². The molecule has 2 aromatic rings. The van der Waals surface area contributed by atoms with Crippen molar-refractivity contribution in [2.24, 2.45) is 0 Å². The van der Waals surface area contributed by atoms with Crippen LogP contribution in [0.2, 0.25) is 0 Å². The van der Waals surface area contributed by atoms with Gasteiger partial charge in [-0.3, -0.25) is 0 Å². The average Bonchev–Trinajstić information content (AvgIpc) is 2.40. The summed E-state index contributed by atoms with van der Waals surface area (Å²) in [6, 6.07) is 1.37. The number of benzene rings is 2. The second-order valence-electron chi connectivity index (χ2n) is 4.04. The molecule has 0 aliphatic carbocycles. The third-order valence-electron chi connectivity index (χ3n) is 3.01. The lowest BCUT2D eigenvalue weighted by atomic mass is 9.95. The smallest absolute Gasteiger partial charge is 0.196 e. The fraction of sp³-hybridized carbons (Fsp3) is 0.143. The van der Waals surface area contributed by atoms with Gasteiger partial charge in [0.05, 0.1) is 16.6 Å². The number of fused-ring (bicyclic) bond motifs is 1. The van der Waals surface area contributed by atoms with Gasteiger partial charge in [-0.15, -0.1) is 6.42 Å². The Balaban J connectivity index is 3.20. The number of phenols is 1. The van der Waals surface area contributed by atoms with Gasteiger partial charge in [0.2, 0.25) is 0 Å². The number of rotatable bonds is 1. The van der Waals surface area contributed by atoms with Gasteiger partial charge in [0.15, 0.2) is 17.5 Å². The molecule has 0 spiro atoms. The standard InChI is InChI=1S/C14H10F3NO/c1-3-6-5-8(18)14(19)10-9(6)7(4-2)11(15)13(17)12(10)16/h2,5,19H,3,18H2,1H3. The van der Waals surface area contributed by atoms with Gasteiger partial charge in [0.25, 0.3) is 0 Å². The Morgan fingerprint density at radius 1 is 1.21 bits per heavy atom. The summed E-state index contributed by atoms with van der Waals surface area (Å²) in [6.07, 6.45) is 5.53. The van der Waals surface area contributed by atoms with Crippen molar-refractivity contribution in [3.05, 3.63) is 34.6 Å². The van der Waals surface area contributed by atoms with E-state index in [1.807, 2.05) is 5.92 Å². The maximum atomic E-state index is 13.8. The number of hydrogen-bond donors (Lipinski definition) is 2. The highest BCUT2D eigenvalue weighted by Gasteiger charge is 2.24. The highest BCUT2D eigenvalue weighted by molar-refractivity contribution is 5.99. The van der Waals surface area contributed by atoms with Crippen LogP contribution in [0, 0.1) is 29.8 Å². The minimum absolute atomic E-state index is 0.0203. The molecule has 0 saturated heterocycles. The predicted molar refractivity (Wildman–Crippen MR) is 67.2 cm³/mol. The van der Waals surface area contributed by atoms with Crippen LogP contribution in [0.1, 0.15) is 18.1 Å². The fourth-order valence-electron chi connectivity index (χ4n) is 2.09. The molecule has 0 fully saturated rings. The van der Waals surface area contributed by atoms with Crippen LogP contribution in [0.3, 0.4) is 0 Å². The first-order valence-corrected chi connectivity index (χ1v) is 5.51. The van der Waals surface area contributed by atoms with E-state index in [1.54, 1.807) is 6.92 Å². The van der Waals surface area contributed by atoms with E-state index in [0.717, 1.165) is 0 Å². The van der Waals surface area contributed by atoms with Crippen molar-refractivity contribution in [1.82, 2.24) is 0 Å². The minimum atomic E-state index is -1.72. The highest BCUT2D eigenvalue weighted by atomic mass is 19.2. The summed E-state index contributed by atoms with van der Waals surface area (Å²) in [7, 11) is 0. The van der Waals surface area contributed by atoms with Crippen molar-refractivity contribution < 1.29 is 18.3 Å². The van der Waals surface area contributed by atoms with E-state index < -0.39 is 34.2 Å². The Bertz CT molecular complexity index is 732. The van der Waals surface area contributed by atoms with E-state index in [0.29, 0.717) is 12.0 Å². The van der Waals surface area contributed by atoms with Crippen LogP contribution in [-0.2, 0) is 6.42 Å². The number of phenolic OH excluding ortho intramolecular Hbond substituents is 1. The molecule has 0 heterocycles. The van der Waals surface area contributed by atoms with Crippen LogP contribution in [0.25, 0.3) is 10.8 Å². The van der Waals surface area contributed by atoms with Crippen LogP contribution in [-0.4, -0.2) is 5.11 Å². The Kier molecular flexibility index (Phi) is 3.03. The summed E-state index contributed by atoms with van der Waals surface area (Å²) in [4.78, 5) is 0. The number of aryl methyl sites for hydroxylation is 1. The summed E-state index contributed by atoms with van der Waals surface area (Å²) in [5, 5.41) is 9.27. The first-order valence-electron chi connectivity index (χ1n) is 5.51. The summed E-state index contributed by atoms with van der Waals surface area (Å²) >= 11 is 0. The SMILES string of the molecule is C#Cc1c(F)c(F)c(F)c2c(O)c(N)cc(CC)c12. The summed E-state index contributed by atoms with van der Waals surface area (Å²) in [5.41, 5.74) is 5.44. The van der Waals surface area contributed by atoms with Crippen molar-refractivity contribution >= 4 is 16.5 Å². The molecule has 0 saturated carbocycles. The van der Waals surface area contributed by atoms with Crippen LogP contribution >= 0.6 is 0 Å². The topological polar surface area (TPSA) is 46.2 Å². The molecule has 0 aliphatic rings. The second kappa shape index (κ2) is 4.39. The van der Waals surface area contributed by atoms with Crippen molar-refractivity contribution in [2.75, 3.05) is 5.73 Å². The molecule has 19 heavy (non-hydrogen) atoms. The van der Waals surface area contributed by atoms with Crippen LogP contribution in [0.4, 0.5) is 18.9 Å². The van der Waals surface area contributed by atoms with Gasteiger partial charge in [0.1, 0.15) is 5.75 Å². The molecule has 0 aliphatic heterocycles. The Morgan fingerprint density at radius 2 is 1.84 bits per heavy atom. The molecule has 0 bridgehead atoms. The lowest BCUT2D eigenvalue weighted by Gasteiger charge is -2.13. The molecule has 5 heteroatoms. The average molecular weight is 265 g/mol. The summed E-state index contributed by atoms with van der Waals surface area (Å²) in [6.45, 7) is 1.73. The van der Waals surface area contributed by atoms with Crippen molar-refractivity contribution in [3.8, 4) is 18.1 Å².